The van der Waals surface area contributed by atoms with Gasteiger partial charge in [0.25, 0.3) is 9.84 Å². The Morgan fingerprint density at radius 2 is 1.94 bits per heavy atom. The highest BCUT2D eigenvalue weighted by molar-refractivity contribution is 8.07. The molecular formula is C9H15N2O4S2-. The minimum absolute atomic E-state index is 0.196. The third-order valence-corrected chi connectivity index (χ3v) is 6.33. The van der Waals surface area contributed by atoms with Gasteiger partial charge in [0.05, 0.1) is 5.75 Å². The Morgan fingerprint density at radius 3 is 2.29 bits per heavy atom. The van der Waals surface area contributed by atoms with E-state index in [0.29, 0.717) is 12.8 Å². The topological polar surface area (TPSA) is 111 Å². The molecule has 17 heavy (non-hydrogen) atoms. The van der Waals surface area contributed by atoms with Gasteiger partial charge in [-0.2, -0.15) is 4.79 Å². The van der Waals surface area contributed by atoms with E-state index in [1.165, 1.54) is 6.92 Å². The fourth-order valence-corrected chi connectivity index (χ4v) is 4.71. The molecule has 1 aliphatic rings. The molecule has 0 aliphatic heterocycles. The quantitative estimate of drug-likeness (QED) is 0.248. The Kier molecular flexibility index (Phi) is 4.60. The normalized spacial score (nSPS) is 21.5. The first kappa shape index (κ1) is 14.5. The molecule has 0 aromatic rings. The minimum Gasteiger partial charge on any atom is -0.771 e. The van der Waals surface area contributed by atoms with Gasteiger partial charge in [-0.1, -0.05) is 26.2 Å². The second kappa shape index (κ2) is 5.39. The van der Waals surface area contributed by atoms with Crippen molar-refractivity contribution in [3.05, 3.63) is 5.53 Å². The van der Waals surface area contributed by atoms with E-state index in [1.807, 2.05) is 0 Å². The molecule has 0 aromatic heterocycles. The van der Waals surface area contributed by atoms with Crippen LogP contribution in [0.2, 0.25) is 0 Å². The molecule has 0 spiro atoms. The molecule has 1 atom stereocenters. The molecule has 1 unspecified atom stereocenters. The molecule has 1 aliphatic carbocycles. The summed E-state index contributed by atoms with van der Waals surface area (Å²) < 4.78 is 44.8. The molecule has 1 saturated carbocycles. The van der Waals surface area contributed by atoms with E-state index in [-0.39, 0.29) is 18.6 Å². The largest absolute Gasteiger partial charge is 0.771 e. The summed E-state index contributed by atoms with van der Waals surface area (Å²) in [6.45, 7) is 1.39. The third-order valence-electron chi connectivity index (χ3n) is 3.14. The summed E-state index contributed by atoms with van der Waals surface area (Å²) in [5.74, 6) is -0.272. The molecule has 0 heterocycles. The summed E-state index contributed by atoms with van der Waals surface area (Å²) in [6, 6.07) is 0. The minimum atomic E-state index is -3.81. The standard InChI is InChI=1S/C9H16N2O4S2/c1-2-17(14,15)8(11-10)9(16(12)13)6-4-3-5-7-9/h2-7H2,1H3,(H,12,13)/p-1. The van der Waals surface area contributed by atoms with Crippen molar-refractivity contribution in [3.63, 3.8) is 0 Å². The Balaban J connectivity index is 3.32. The van der Waals surface area contributed by atoms with Gasteiger partial charge in [0, 0.05) is 0 Å². The number of rotatable bonds is 3. The van der Waals surface area contributed by atoms with E-state index in [1.54, 1.807) is 0 Å². The first-order chi connectivity index (χ1) is 7.90. The average Bonchev–Trinajstić information content (AvgIpc) is 2.30. The number of hydrogen-bond donors (Lipinski definition) is 0. The first-order valence-electron chi connectivity index (χ1n) is 5.45. The molecule has 8 heteroatoms. The zero-order valence-corrected chi connectivity index (χ0v) is 11.2. The smallest absolute Gasteiger partial charge is 0.398 e. The van der Waals surface area contributed by atoms with Crippen molar-refractivity contribution in [1.29, 1.82) is 0 Å². The second-order valence-electron chi connectivity index (χ2n) is 4.10. The molecular weight excluding hydrogens is 264 g/mol. The van der Waals surface area contributed by atoms with E-state index in [0.717, 1.165) is 6.42 Å². The summed E-state index contributed by atoms with van der Waals surface area (Å²) >= 11 is -2.61. The maximum absolute atomic E-state index is 11.8. The van der Waals surface area contributed by atoms with E-state index in [9.17, 15) is 17.2 Å². The van der Waals surface area contributed by atoms with Crippen LogP contribution in [0.3, 0.4) is 0 Å². The highest BCUT2D eigenvalue weighted by atomic mass is 32.2. The van der Waals surface area contributed by atoms with Crippen LogP contribution in [0.15, 0.2) is 0 Å². The van der Waals surface area contributed by atoms with Crippen LogP contribution in [0.25, 0.3) is 5.53 Å². The summed E-state index contributed by atoms with van der Waals surface area (Å²) in [7, 11) is -3.81. The lowest BCUT2D eigenvalue weighted by Crippen LogP contribution is -2.49. The van der Waals surface area contributed by atoms with Crippen molar-refractivity contribution in [1.82, 2.24) is 0 Å². The van der Waals surface area contributed by atoms with E-state index in [4.69, 9.17) is 5.53 Å². The zero-order valence-electron chi connectivity index (χ0n) is 9.59. The van der Waals surface area contributed by atoms with Crippen LogP contribution >= 0.6 is 0 Å². The van der Waals surface area contributed by atoms with Crippen LogP contribution in [0, 0.1) is 0 Å². The van der Waals surface area contributed by atoms with Crippen LogP contribution in [0.1, 0.15) is 39.0 Å². The van der Waals surface area contributed by atoms with Gasteiger partial charge in [-0.25, -0.2) is 8.42 Å². The van der Waals surface area contributed by atoms with Crippen LogP contribution in [-0.2, 0) is 20.9 Å². The molecule has 98 valence electrons. The van der Waals surface area contributed by atoms with Gasteiger partial charge in [-0.05, 0) is 23.9 Å². The fraction of sp³-hybridized carbons (Fsp3) is 0.889. The Labute approximate surface area is 103 Å². The summed E-state index contributed by atoms with van der Waals surface area (Å²) in [5, 5.41) is -0.597. The predicted molar refractivity (Wildman–Crippen MR) is 62.8 cm³/mol. The Bertz CT molecular complexity index is 459. The third kappa shape index (κ3) is 2.65. The molecule has 0 radical (unpaired) electrons. The lowest BCUT2D eigenvalue weighted by molar-refractivity contribution is -0.00758. The number of hydrogen-bond acceptors (Lipinski definition) is 4. The molecule has 1 fully saturated rings. The SMILES string of the molecule is CCS(=O)(=O)C(=[N+]=[N-])C1(S(=O)[O-])CCCCC1. The fourth-order valence-electron chi connectivity index (χ4n) is 2.15. The Hall–Kier alpha value is -0.560. The van der Waals surface area contributed by atoms with E-state index < -0.39 is 30.7 Å². The van der Waals surface area contributed by atoms with Gasteiger partial charge < -0.3 is 10.1 Å². The number of sulfone groups is 1. The highest BCUT2D eigenvalue weighted by Gasteiger charge is 2.51. The van der Waals surface area contributed by atoms with Crippen molar-refractivity contribution < 1.29 is 22.0 Å². The lowest BCUT2D eigenvalue weighted by Gasteiger charge is -2.34. The maximum atomic E-state index is 11.8. The second-order valence-corrected chi connectivity index (χ2v) is 7.54. The predicted octanol–water partition coefficient (Wildman–Crippen LogP) is 0.631. The first-order valence-corrected chi connectivity index (χ1v) is 8.18. The van der Waals surface area contributed by atoms with E-state index in [2.05, 4.69) is 4.79 Å². The van der Waals surface area contributed by atoms with Crippen molar-refractivity contribution in [2.45, 2.75) is 43.8 Å². The average molecular weight is 279 g/mol. The number of nitrogens with zero attached hydrogens (tertiary/aromatic N) is 2. The van der Waals surface area contributed by atoms with Gasteiger partial charge in [0.15, 0.2) is 0 Å². The van der Waals surface area contributed by atoms with Gasteiger partial charge in [-0.15, -0.1) is 0 Å². The van der Waals surface area contributed by atoms with E-state index >= 15 is 0 Å². The molecule has 0 N–H and O–H groups in total. The Morgan fingerprint density at radius 1 is 1.41 bits per heavy atom. The van der Waals surface area contributed by atoms with Crippen LogP contribution < -0.4 is 0 Å². The molecule has 0 amide bonds. The van der Waals surface area contributed by atoms with Crippen molar-refractivity contribution in [2.75, 3.05) is 5.75 Å². The van der Waals surface area contributed by atoms with Crippen molar-refractivity contribution in [2.24, 2.45) is 0 Å². The van der Waals surface area contributed by atoms with Crippen LogP contribution in [0.4, 0.5) is 0 Å². The van der Waals surface area contributed by atoms with Gasteiger partial charge in [-0.3, -0.25) is 4.21 Å². The molecule has 6 nitrogen and oxygen atoms in total. The molecule has 0 bridgehead atoms. The molecule has 1 rings (SSSR count). The van der Waals surface area contributed by atoms with Gasteiger partial charge >= 0.3 is 5.04 Å². The zero-order chi connectivity index (χ0) is 13.1. The lowest BCUT2D eigenvalue weighted by atomic mass is 9.89. The maximum Gasteiger partial charge on any atom is 0.398 e. The summed E-state index contributed by atoms with van der Waals surface area (Å²) in [6.07, 6.45) is 2.49. The van der Waals surface area contributed by atoms with Gasteiger partial charge in [0.2, 0.25) is 0 Å². The molecule has 0 aromatic carbocycles. The van der Waals surface area contributed by atoms with Crippen LogP contribution in [0.5, 0.6) is 0 Å². The highest BCUT2D eigenvalue weighted by Crippen LogP contribution is 2.35. The van der Waals surface area contributed by atoms with Crippen LogP contribution in [-0.4, -0.2) is 37.5 Å². The van der Waals surface area contributed by atoms with Gasteiger partial charge in [0.1, 0.15) is 4.75 Å². The van der Waals surface area contributed by atoms with Crippen molar-refractivity contribution >= 4 is 26.0 Å². The monoisotopic (exact) mass is 279 g/mol. The molecule has 0 saturated heterocycles. The summed E-state index contributed by atoms with van der Waals surface area (Å²) in [5.41, 5.74) is 8.89. The summed E-state index contributed by atoms with van der Waals surface area (Å²) in [4.78, 5) is 2.78. The van der Waals surface area contributed by atoms with Crippen molar-refractivity contribution in [3.8, 4) is 0 Å².